The van der Waals surface area contributed by atoms with E-state index < -0.39 is 15.6 Å². The number of hydrogen-bond donors (Lipinski definition) is 3. The highest BCUT2D eigenvalue weighted by atomic mass is 35.5. The lowest BCUT2D eigenvalue weighted by Crippen LogP contribution is -2.41. The van der Waals surface area contributed by atoms with E-state index in [9.17, 15) is 13.5 Å². The van der Waals surface area contributed by atoms with Gasteiger partial charge in [0.1, 0.15) is 9.54 Å². The number of halogens is 2. The fourth-order valence-electron chi connectivity index (χ4n) is 2.50. The molecule has 1 saturated heterocycles. The van der Waals surface area contributed by atoms with Gasteiger partial charge in [0, 0.05) is 25.8 Å². The Labute approximate surface area is 178 Å². The van der Waals surface area contributed by atoms with Crippen LogP contribution in [0, 0.1) is 16.0 Å². The van der Waals surface area contributed by atoms with Crippen LogP contribution >= 0.6 is 35.4 Å². The van der Waals surface area contributed by atoms with E-state index in [0.717, 1.165) is 4.31 Å². The van der Waals surface area contributed by atoms with Crippen LogP contribution in [0.3, 0.4) is 0 Å². The minimum Gasteiger partial charge on any atom is -0.387 e. The maximum atomic E-state index is 12.5. The molecule has 1 aromatic heterocycles. The third-order valence-electron chi connectivity index (χ3n) is 4.10. The Morgan fingerprint density at radius 1 is 1.36 bits per heavy atom. The summed E-state index contributed by atoms with van der Waals surface area (Å²) in [4.78, 5) is 2.71. The van der Waals surface area contributed by atoms with Gasteiger partial charge in [0.15, 0.2) is 0 Å². The van der Waals surface area contributed by atoms with Crippen molar-refractivity contribution in [2.45, 2.75) is 16.9 Å². The molecule has 0 bridgehead atoms. The van der Waals surface area contributed by atoms with Crippen molar-refractivity contribution in [1.82, 2.24) is 9.29 Å². The van der Waals surface area contributed by atoms with Gasteiger partial charge in [0.05, 0.1) is 27.3 Å². The Hall–Kier alpha value is -1.51. The monoisotopic (exact) mass is 460 g/mol. The molecule has 2 heterocycles. The van der Waals surface area contributed by atoms with Crippen molar-refractivity contribution >= 4 is 45.4 Å². The van der Waals surface area contributed by atoms with Crippen LogP contribution in [0.25, 0.3) is 0 Å². The second-order valence-electron chi connectivity index (χ2n) is 6.15. The first kappa shape index (κ1) is 22.8. The fourth-order valence-corrected chi connectivity index (χ4v) is 4.78. The number of benzene rings is 1. The van der Waals surface area contributed by atoms with Crippen LogP contribution in [-0.4, -0.2) is 48.0 Å². The number of sulfonamides is 1. The highest BCUT2D eigenvalue weighted by Crippen LogP contribution is 2.30. The third kappa shape index (κ3) is 5.52. The van der Waals surface area contributed by atoms with Crippen molar-refractivity contribution in [3.05, 3.63) is 56.8 Å². The second kappa shape index (κ2) is 9.33. The number of β-amino-alcohol motifs (C(OH)–C–C–N with tert-alkyl or cyclic N) is 1. The normalized spacial score (nSPS) is 19.5. The molecule has 2 aromatic rings. The standard InChI is InChI=1S/C12H14ClN3O3S.C5H4ClNS/c13-10-5-9(6-14)1-2-11(10)20(18,19)16-4-3-12(17,7-15)8-16;6-4-1-2-5(8)7-3-4/h1-2,5,17H,3-4,7-8,15H2;1-3H,(H,7,8). The molecule has 1 fully saturated rings. The van der Waals surface area contributed by atoms with Crippen molar-refractivity contribution in [1.29, 1.82) is 5.26 Å². The Kier molecular flexibility index (Phi) is 7.59. The van der Waals surface area contributed by atoms with E-state index in [2.05, 4.69) is 4.98 Å². The maximum absolute atomic E-state index is 12.5. The summed E-state index contributed by atoms with van der Waals surface area (Å²) in [6.45, 7) is 0.134. The zero-order valence-electron chi connectivity index (χ0n) is 14.6. The topological polar surface area (TPSA) is 123 Å². The smallest absolute Gasteiger partial charge is 0.244 e. The lowest BCUT2D eigenvalue weighted by molar-refractivity contribution is 0.0651. The fraction of sp³-hybridized carbons (Fsp3) is 0.294. The minimum absolute atomic E-state index is 0.000121. The van der Waals surface area contributed by atoms with E-state index in [1.165, 1.54) is 18.2 Å². The number of nitriles is 1. The van der Waals surface area contributed by atoms with Crippen molar-refractivity contribution < 1.29 is 13.5 Å². The maximum Gasteiger partial charge on any atom is 0.244 e. The van der Waals surface area contributed by atoms with Gasteiger partial charge in [0.25, 0.3) is 0 Å². The molecule has 11 heteroatoms. The van der Waals surface area contributed by atoms with E-state index in [0.29, 0.717) is 9.66 Å². The van der Waals surface area contributed by atoms with Crippen LogP contribution in [0.1, 0.15) is 12.0 Å². The first-order valence-electron chi connectivity index (χ1n) is 8.08. The van der Waals surface area contributed by atoms with E-state index in [1.54, 1.807) is 18.3 Å². The molecule has 1 aliphatic rings. The van der Waals surface area contributed by atoms with Crippen LogP contribution in [-0.2, 0) is 10.0 Å². The SMILES string of the molecule is N#Cc1ccc(S(=O)(=O)N2CCC(O)(CN)C2)c(Cl)c1.S=c1ccc(Cl)c[nH]1. The molecule has 0 spiro atoms. The number of aromatic nitrogens is 1. The highest BCUT2D eigenvalue weighted by Gasteiger charge is 2.41. The molecule has 0 saturated carbocycles. The first-order chi connectivity index (χ1) is 13.1. The van der Waals surface area contributed by atoms with Gasteiger partial charge in [-0.2, -0.15) is 9.57 Å². The lowest BCUT2D eigenvalue weighted by atomic mass is 10.1. The molecule has 4 N–H and O–H groups in total. The van der Waals surface area contributed by atoms with Gasteiger partial charge >= 0.3 is 0 Å². The molecule has 1 aliphatic heterocycles. The number of aromatic amines is 1. The molecular formula is C17H18Cl2N4O3S2. The summed E-state index contributed by atoms with van der Waals surface area (Å²) in [6, 6.07) is 9.39. The molecule has 1 aromatic carbocycles. The van der Waals surface area contributed by atoms with Gasteiger partial charge in [-0.25, -0.2) is 8.42 Å². The van der Waals surface area contributed by atoms with Gasteiger partial charge in [-0.3, -0.25) is 0 Å². The average Bonchev–Trinajstić information content (AvgIpc) is 3.08. The molecule has 3 rings (SSSR count). The van der Waals surface area contributed by atoms with Crippen LogP contribution in [0.4, 0.5) is 0 Å². The largest absolute Gasteiger partial charge is 0.387 e. The van der Waals surface area contributed by atoms with E-state index in [-0.39, 0.29) is 41.5 Å². The molecule has 1 unspecified atom stereocenters. The molecule has 0 radical (unpaired) electrons. The quantitative estimate of drug-likeness (QED) is 0.604. The van der Waals surface area contributed by atoms with Gasteiger partial charge in [-0.1, -0.05) is 35.4 Å². The molecule has 150 valence electrons. The van der Waals surface area contributed by atoms with Crippen molar-refractivity contribution in [2.75, 3.05) is 19.6 Å². The van der Waals surface area contributed by atoms with E-state index in [1.807, 2.05) is 6.07 Å². The third-order valence-corrected chi connectivity index (χ3v) is 6.92. The molecule has 7 nitrogen and oxygen atoms in total. The van der Waals surface area contributed by atoms with Crippen LogP contribution in [0.15, 0.2) is 41.4 Å². The summed E-state index contributed by atoms with van der Waals surface area (Å²) in [5.41, 5.74) is 4.54. The van der Waals surface area contributed by atoms with Gasteiger partial charge in [-0.05, 0) is 36.8 Å². The van der Waals surface area contributed by atoms with E-state index >= 15 is 0 Å². The number of hydrogen-bond acceptors (Lipinski definition) is 6. The molecule has 0 aliphatic carbocycles. The summed E-state index contributed by atoms with van der Waals surface area (Å²) in [5.74, 6) is 0. The van der Waals surface area contributed by atoms with Crippen LogP contribution in [0.2, 0.25) is 10.0 Å². The summed E-state index contributed by atoms with van der Waals surface area (Å²) in [6.07, 6.45) is 1.94. The number of aliphatic hydroxyl groups is 1. The van der Waals surface area contributed by atoms with Gasteiger partial charge < -0.3 is 15.8 Å². The van der Waals surface area contributed by atoms with E-state index in [4.69, 9.17) is 46.4 Å². The Bertz CT molecular complexity index is 1030. The summed E-state index contributed by atoms with van der Waals surface area (Å²) >= 11 is 16.2. The Balaban J connectivity index is 0.000000292. The van der Waals surface area contributed by atoms with Gasteiger partial charge in [-0.15, -0.1) is 0 Å². The Morgan fingerprint density at radius 3 is 2.54 bits per heavy atom. The lowest BCUT2D eigenvalue weighted by Gasteiger charge is -2.21. The number of H-pyrrole nitrogens is 1. The molecule has 0 amide bonds. The van der Waals surface area contributed by atoms with Crippen LogP contribution < -0.4 is 5.73 Å². The number of nitrogens with one attached hydrogen (secondary N) is 1. The average molecular weight is 461 g/mol. The van der Waals surface area contributed by atoms with Gasteiger partial charge in [0.2, 0.25) is 10.0 Å². The van der Waals surface area contributed by atoms with Crippen molar-refractivity contribution in [2.24, 2.45) is 5.73 Å². The zero-order chi connectivity index (χ0) is 20.9. The van der Waals surface area contributed by atoms with Crippen molar-refractivity contribution in [3.8, 4) is 6.07 Å². The second-order valence-corrected chi connectivity index (χ2v) is 9.34. The Morgan fingerprint density at radius 2 is 2.07 bits per heavy atom. The number of pyridine rings is 1. The van der Waals surface area contributed by atoms with Crippen LogP contribution in [0.5, 0.6) is 0 Å². The molecule has 28 heavy (non-hydrogen) atoms. The predicted octanol–water partition coefficient (Wildman–Crippen LogP) is 2.69. The first-order valence-corrected chi connectivity index (χ1v) is 10.7. The highest BCUT2D eigenvalue weighted by molar-refractivity contribution is 7.89. The zero-order valence-corrected chi connectivity index (χ0v) is 17.7. The summed E-state index contributed by atoms with van der Waals surface area (Å²) in [7, 11) is -3.80. The summed E-state index contributed by atoms with van der Waals surface area (Å²) < 4.78 is 26.8. The predicted molar refractivity (Wildman–Crippen MR) is 110 cm³/mol. The molecule has 1 atom stereocenters. The number of nitrogens with zero attached hydrogens (tertiary/aromatic N) is 2. The summed E-state index contributed by atoms with van der Waals surface area (Å²) in [5, 5.41) is 19.4. The molecular weight excluding hydrogens is 443 g/mol. The number of rotatable bonds is 3. The number of nitrogens with two attached hydrogens (primary N) is 1. The minimum atomic E-state index is -3.80. The van der Waals surface area contributed by atoms with Crippen molar-refractivity contribution in [3.63, 3.8) is 0 Å².